The Morgan fingerprint density at radius 3 is 2.54 bits per heavy atom. The Hall–Kier alpha value is -3.89. The topological polar surface area (TPSA) is 92.3 Å². The number of allylic oxidation sites excluding steroid dienone is 1. The van der Waals surface area contributed by atoms with Gasteiger partial charge in [0.1, 0.15) is 11.5 Å². The van der Waals surface area contributed by atoms with Crippen LogP contribution in [0.25, 0.3) is 17.4 Å². The van der Waals surface area contributed by atoms with Crippen LogP contribution in [0.4, 0.5) is 0 Å². The van der Waals surface area contributed by atoms with Crippen LogP contribution in [-0.4, -0.2) is 31.4 Å². The van der Waals surface area contributed by atoms with E-state index in [2.05, 4.69) is 20.9 Å². The van der Waals surface area contributed by atoms with Crippen molar-refractivity contribution in [1.82, 2.24) is 4.57 Å². The molecule has 1 aliphatic heterocycles. The highest BCUT2D eigenvalue weighted by molar-refractivity contribution is 9.10. The molecule has 2 aromatic carbocycles. The smallest absolute Gasteiger partial charge is 0.338 e. The number of benzene rings is 2. The summed E-state index contributed by atoms with van der Waals surface area (Å²) in [6.07, 6.45) is 1.70. The second-order valence-corrected chi connectivity index (χ2v) is 10.6. The first-order valence-electron chi connectivity index (χ1n) is 12.1. The van der Waals surface area contributed by atoms with Gasteiger partial charge in [-0.25, -0.2) is 9.79 Å². The van der Waals surface area contributed by atoms with E-state index in [0.29, 0.717) is 49.2 Å². The van der Waals surface area contributed by atoms with Crippen molar-refractivity contribution in [3.63, 3.8) is 0 Å². The van der Waals surface area contributed by atoms with Crippen molar-refractivity contribution in [3.05, 3.63) is 101 Å². The molecule has 4 aromatic rings. The summed E-state index contributed by atoms with van der Waals surface area (Å²) in [4.78, 5) is 32.0. The maximum Gasteiger partial charge on any atom is 0.338 e. The molecule has 0 saturated heterocycles. The Morgan fingerprint density at radius 1 is 1.10 bits per heavy atom. The van der Waals surface area contributed by atoms with Crippen LogP contribution in [0.1, 0.15) is 31.2 Å². The normalized spacial score (nSPS) is 15.1. The molecule has 5 rings (SSSR count). The van der Waals surface area contributed by atoms with Crippen LogP contribution in [0, 0.1) is 0 Å². The van der Waals surface area contributed by atoms with Crippen molar-refractivity contribution in [2.24, 2.45) is 4.99 Å². The van der Waals surface area contributed by atoms with Crippen molar-refractivity contribution in [2.45, 2.75) is 19.9 Å². The standard InChI is InChI=1S/C29H25BrN2O6S/c1-5-37-28(34)25-16(2)31-29-32(26(25)18-8-12-22(35-3)23(14-18)36-4)27(33)24(39-29)15-20-11-13-21(38-20)17-6-9-19(30)10-7-17/h6-15,26H,5H2,1-4H3/t26-/m1/s1. The quantitative estimate of drug-likeness (QED) is 0.279. The van der Waals surface area contributed by atoms with E-state index in [4.69, 9.17) is 18.6 Å². The van der Waals surface area contributed by atoms with E-state index in [1.165, 1.54) is 23.0 Å². The number of fused-ring (bicyclic) bond motifs is 1. The number of rotatable bonds is 7. The van der Waals surface area contributed by atoms with E-state index in [1.54, 1.807) is 45.2 Å². The summed E-state index contributed by atoms with van der Waals surface area (Å²) in [5.74, 6) is 1.70. The highest BCUT2D eigenvalue weighted by Gasteiger charge is 2.34. The first-order chi connectivity index (χ1) is 18.8. The fourth-order valence-electron chi connectivity index (χ4n) is 4.46. The van der Waals surface area contributed by atoms with E-state index in [1.807, 2.05) is 36.4 Å². The van der Waals surface area contributed by atoms with Gasteiger partial charge in [0.25, 0.3) is 5.56 Å². The van der Waals surface area contributed by atoms with E-state index in [-0.39, 0.29) is 12.2 Å². The lowest BCUT2D eigenvalue weighted by molar-refractivity contribution is -0.139. The SMILES string of the molecule is CCOC(=O)C1=C(C)N=c2sc(=Cc3ccc(-c4ccc(Br)cc4)o3)c(=O)n2[C@@H]1c1ccc(OC)c(OC)c1. The third-order valence-corrected chi connectivity index (χ3v) is 7.78. The van der Waals surface area contributed by atoms with Crippen LogP contribution in [-0.2, 0) is 9.53 Å². The molecular weight excluding hydrogens is 584 g/mol. The number of furan rings is 1. The molecule has 1 aliphatic rings. The van der Waals surface area contributed by atoms with Gasteiger partial charge in [-0.15, -0.1) is 0 Å². The highest BCUT2D eigenvalue weighted by atomic mass is 79.9. The number of esters is 1. The minimum absolute atomic E-state index is 0.192. The molecule has 200 valence electrons. The number of methoxy groups -OCH3 is 2. The van der Waals surface area contributed by atoms with Crippen molar-refractivity contribution in [1.29, 1.82) is 0 Å². The van der Waals surface area contributed by atoms with Crippen LogP contribution in [0.2, 0.25) is 0 Å². The summed E-state index contributed by atoms with van der Waals surface area (Å²) in [6.45, 7) is 3.67. The molecule has 3 heterocycles. The number of thiazole rings is 1. The first kappa shape index (κ1) is 26.7. The van der Waals surface area contributed by atoms with Crippen molar-refractivity contribution < 1.29 is 23.4 Å². The number of ether oxygens (including phenoxy) is 3. The number of hydrogen-bond acceptors (Lipinski definition) is 8. The predicted octanol–water partition coefficient (Wildman–Crippen LogP) is 4.84. The molecule has 0 radical (unpaired) electrons. The van der Waals surface area contributed by atoms with Crippen molar-refractivity contribution >= 4 is 39.3 Å². The van der Waals surface area contributed by atoms with Gasteiger partial charge < -0.3 is 18.6 Å². The van der Waals surface area contributed by atoms with E-state index in [9.17, 15) is 9.59 Å². The molecule has 0 bridgehead atoms. The van der Waals surface area contributed by atoms with Crippen LogP contribution < -0.4 is 24.4 Å². The minimum Gasteiger partial charge on any atom is -0.493 e. The van der Waals surface area contributed by atoms with E-state index >= 15 is 0 Å². The van der Waals surface area contributed by atoms with E-state index in [0.717, 1.165) is 10.0 Å². The van der Waals surface area contributed by atoms with Crippen LogP contribution in [0.5, 0.6) is 11.5 Å². The Morgan fingerprint density at radius 2 is 1.85 bits per heavy atom. The average molecular weight is 609 g/mol. The molecule has 8 nitrogen and oxygen atoms in total. The lowest BCUT2D eigenvalue weighted by Gasteiger charge is -2.25. The summed E-state index contributed by atoms with van der Waals surface area (Å²) in [6, 6.07) is 16.0. The second-order valence-electron chi connectivity index (χ2n) is 8.63. The zero-order chi connectivity index (χ0) is 27.7. The van der Waals surface area contributed by atoms with Gasteiger partial charge in [-0.3, -0.25) is 9.36 Å². The zero-order valence-corrected chi connectivity index (χ0v) is 24.1. The van der Waals surface area contributed by atoms with Gasteiger partial charge in [0, 0.05) is 16.1 Å². The molecule has 39 heavy (non-hydrogen) atoms. The number of carbonyl (C=O) groups excluding carboxylic acids is 1. The fraction of sp³-hybridized carbons (Fsp3) is 0.207. The number of carbonyl (C=O) groups is 1. The Kier molecular flexibility index (Phi) is 7.58. The van der Waals surface area contributed by atoms with Gasteiger partial charge in [0.05, 0.1) is 42.7 Å². The second kappa shape index (κ2) is 11.1. The predicted molar refractivity (Wildman–Crippen MR) is 152 cm³/mol. The summed E-state index contributed by atoms with van der Waals surface area (Å²) in [5.41, 5.74) is 2.06. The molecular formula is C29H25BrN2O6S. The lowest BCUT2D eigenvalue weighted by Crippen LogP contribution is -2.39. The zero-order valence-electron chi connectivity index (χ0n) is 21.7. The summed E-state index contributed by atoms with van der Waals surface area (Å²) >= 11 is 4.67. The van der Waals surface area contributed by atoms with Gasteiger partial charge in [-0.1, -0.05) is 45.5 Å². The van der Waals surface area contributed by atoms with Gasteiger partial charge in [-0.05, 0) is 55.8 Å². The number of nitrogens with zero attached hydrogens (tertiary/aromatic N) is 2. The Labute approximate surface area is 236 Å². The maximum atomic E-state index is 13.8. The number of halogens is 1. The maximum absolute atomic E-state index is 13.8. The van der Waals surface area contributed by atoms with Crippen LogP contribution in [0.15, 0.2) is 84.5 Å². The Bertz CT molecular complexity index is 1760. The van der Waals surface area contributed by atoms with Gasteiger partial charge in [0.15, 0.2) is 16.3 Å². The monoisotopic (exact) mass is 608 g/mol. The third-order valence-electron chi connectivity index (χ3n) is 6.27. The molecule has 0 N–H and O–H groups in total. The first-order valence-corrected chi connectivity index (χ1v) is 13.7. The number of aromatic nitrogens is 1. The molecule has 0 saturated carbocycles. The number of hydrogen-bond donors (Lipinski definition) is 0. The van der Waals surface area contributed by atoms with Crippen molar-refractivity contribution in [3.8, 4) is 22.8 Å². The molecule has 0 aliphatic carbocycles. The van der Waals surface area contributed by atoms with Crippen molar-refractivity contribution in [2.75, 3.05) is 20.8 Å². The average Bonchev–Trinajstić information content (AvgIpc) is 3.52. The largest absolute Gasteiger partial charge is 0.493 e. The molecule has 2 aromatic heterocycles. The summed E-state index contributed by atoms with van der Waals surface area (Å²) in [7, 11) is 3.08. The van der Waals surface area contributed by atoms with Gasteiger partial charge >= 0.3 is 5.97 Å². The highest BCUT2D eigenvalue weighted by Crippen LogP contribution is 2.36. The molecule has 0 spiro atoms. The molecule has 1 atom stereocenters. The summed E-state index contributed by atoms with van der Waals surface area (Å²) in [5, 5.41) is 0. The lowest BCUT2D eigenvalue weighted by atomic mass is 9.95. The van der Waals surface area contributed by atoms with Gasteiger partial charge in [-0.2, -0.15) is 0 Å². The molecule has 10 heteroatoms. The van der Waals surface area contributed by atoms with Crippen LogP contribution >= 0.6 is 27.3 Å². The molecule has 0 unspecified atom stereocenters. The van der Waals surface area contributed by atoms with Gasteiger partial charge in [0.2, 0.25) is 0 Å². The molecule has 0 amide bonds. The molecule has 0 fully saturated rings. The van der Waals surface area contributed by atoms with E-state index < -0.39 is 12.0 Å². The Balaban J connectivity index is 1.65. The fourth-order valence-corrected chi connectivity index (χ4v) is 5.75. The third kappa shape index (κ3) is 5.09. The summed E-state index contributed by atoms with van der Waals surface area (Å²) < 4.78 is 25.2. The minimum atomic E-state index is -0.766. The van der Waals surface area contributed by atoms with Crippen LogP contribution in [0.3, 0.4) is 0 Å².